The summed E-state index contributed by atoms with van der Waals surface area (Å²) in [5.74, 6) is 2.59. The standard InChI is InChI=1S/C24H37N5O3.HI/c1-24(2,3)28-22(30)15-26-23(25-14-17-9-10-29(16-17)19-6-7-19)27-18-5-8-20-21(13-18)32-12-4-11-31-20;/h5,8,13,17,19H,4,6-7,9-12,14-16H2,1-3H3,(H,28,30)(H2,25,26,27);1H. The van der Waals surface area contributed by atoms with Gasteiger partial charge in [0.15, 0.2) is 17.5 Å². The first-order valence-electron chi connectivity index (χ1n) is 11.9. The topological polar surface area (TPSA) is 87.2 Å². The Balaban J connectivity index is 0.00000306. The van der Waals surface area contributed by atoms with E-state index in [-0.39, 0.29) is 42.0 Å². The molecule has 33 heavy (non-hydrogen) atoms. The van der Waals surface area contributed by atoms with Crippen molar-refractivity contribution in [3.63, 3.8) is 0 Å². The van der Waals surface area contributed by atoms with Gasteiger partial charge in [0.05, 0.1) is 13.2 Å². The van der Waals surface area contributed by atoms with Crippen molar-refractivity contribution in [1.29, 1.82) is 0 Å². The summed E-state index contributed by atoms with van der Waals surface area (Å²) in [4.78, 5) is 19.5. The van der Waals surface area contributed by atoms with Crippen LogP contribution in [0.25, 0.3) is 0 Å². The number of nitrogens with zero attached hydrogens (tertiary/aromatic N) is 2. The normalized spacial score (nSPS) is 21.1. The Morgan fingerprint density at radius 3 is 2.64 bits per heavy atom. The maximum absolute atomic E-state index is 12.3. The fraction of sp³-hybridized carbons (Fsp3) is 0.667. The van der Waals surface area contributed by atoms with Crippen molar-refractivity contribution in [3.8, 4) is 11.5 Å². The van der Waals surface area contributed by atoms with E-state index in [1.165, 1.54) is 25.8 Å². The highest BCUT2D eigenvalue weighted by Crippen LogP contribution is 2.33. The number of nitrogens with one attached hydrogen (secondary N) is 3. The van der Waals surface area contributed by atoms with Crippen LogP contribution in [0.1, 0.15) is 46.5 Å². The van der Waals surface area contributed by atoms with E-state index in [0.29, 0.717) is 25.1 Å². The number of carbonyl (C=O) groups excluding carboxylic acids is 1. The van der Waals surface area contributed by atoms with Gasteiger partial charge in [-0.15, -0.1) is 24.0 Å². The zero-order valence-electron chi connectivity index (χ0n) is 20.0. The number of guanidine groups is 1. The highest BCUT2D eigenvalue weighted by atomic mass is 127. The van der Waals surface area contributed by atoms with Crippen molar-refractivity contribution >= 4 is 41.5 Å². The number of rotatable bonds is 6. The van der Waals surface area contributed by atoms with Crippen LogP contribution in [-0.4, -0.2) is 67.7 Å². The van der Waals surface area contributed by atoms with Crippen LogP contribution in [0.2, 0.25) is 0 Å². The van der Waals surface area contributed by atoms with Gasteiger partial charge in [-0.05, 0) is 64.6 Å². The number of hydrogen-bond acceptors (Lipinski definition) is 5. The molecule has 1 amide bonds. The molecule has 2 heterocycles. The Morgan fingerprint density at radius 2 is 1.91 bits per heavy atom. The van der Waals surface area contributed by atoms with E-state index < -0.39 is 0 Å². The summed E-state index contributed by atoms with van der Waals surface area (Å²) >= 11 is 0. The molecule has 0 radical (unpaired) electrons. The molecular weight excluding hydrogens is 533 g/mol. The number of ether oxygens (including phenoxy) is 2. The molecule has 8 nitrogen and oxygen atoms in total. The first kappa shape index (κ1) is 25.9. The molecule has 0 bridgehead atoms. The van der Waals surface area contributed by atoms with Gasteiger partial charge in [0.2, 0.25) is 5.91 Å². The van der Waals surface area contributed by atoms with Crippen LogP contribution in [0.4, 0.5) is 5.69 Å². The molecule has 3 aliphatic rings. The molecule has 2 fully saturated rings. The summed E-state index contributed by atoms with van der Waals surface area (Å²) in [6.07, 6.45) is 4.77. The van der Waals surface area contributed by atoms with E-state index in [2.05, 4.69) is 25.8 Å². The third-order valence-corrected chi connectivity index (χ3v) is 5.84. The molecule has 9 heteroatoms. The van der Waals surface area contributed by atoms with E-state index in [9.17, 15) is 4.79 Å². The monoisotopic (exact) mass is 571 g/mol. The second-order valence-corrected chi connectivity index (χ2v) is 10.1. The average Bonchev–Trinajstić information content (AvgIpc) is 3.51. The molecule has 1 aromatic rings. The van der Waals surface area contributed by atoms with E-state index >= 15 is 0 Å². The predicted molar refractivity (Wildman–Crippen MR) is 142 cm³/mol. The Labute approximate surface area is 214 Å². The Bertz CT molecular complexity index is 838. The quantitative estimate of drug-likeness (QED) is 0.276. The maximum atomic E-state index is 12.3. The van der Waals surface area contributed by atoms with Crippen LogP contribution in [0.3, 0.4) is 0 Å². The molecule has 0 aromatic heterocycles. The second-order valence-electron chi connectivity index (χ2n) is 10.1. The Kier molecular flexibility index (Phi) is 9.09. The Hall–Kier alpha value is -1.75. The number of carbonyl (C=O) groups is 1. The van der Waals surface area contributed by atoms with E-state index in [0.717, 1.165) is 42.7 Å². The van der Waals surface area contributed by atoms with Gasteiger partial charge in [0.25, 0.3) is 0 Å². The van der Waals surface area contributed by atoms with Gasteiger partial charge in [-0.1, -0.05) is 0 Å². The highest BCUT2D eigenvalue weighted by molar-refractivity contribution is 14.0. The van der Waals surface area contributed by atoms with Crippen LogP contribution in [0, 0.1) is 5.92 Å². The van der Waals surface area contributed by atoms with Crippen LogP contribution in [0.5, 0.6) is 11.5 Å². The van der Waals surface area contributed by atoms with Gasteiger partial charge in [-0.25, -0.2) is 4.99 Å². The number of likely N-dealkylation sites (tertiary alicyclic amines) is 1. The Morgan fingerprint density at radius 1 is 1.15 bits per heavy atom. The third kappa shape index (κ3) is 8.20. The lowest BCUT2D eigenvalue weighted by atomic mass is 10.1. The average molecular weight is 572 g/mol. The number of amides is 1. The SMILES string of the molecule is CC(C)(C)NC(=O)CN=C(NCC1CCN(C2CC2)C1)Nc1ccc2c(c1)OCCCO2.I. The fourth-order valence-electron chi connectivity index (χ4n) is 4.17. The van der Waals surface area contributed by atoms with Crippen LogP contribution in [0.15, 0.2) is 23.2 Å². The number of benzene rings is 1. The van der Waals surface area contributed by atoms with Crippen molar-refractivity contribution < 1.29 is 14.3 Å². The number of fused-ring (bicyclic) bond motifs is 1. The summed E-state index contributed by atoms with van der Waals surface area (Å²) in [6, 6.07) is 6.60. The van der Waals surface area contributed by atoms with Crippen molar-refractivity contribution in [2.45, 2.75) is 58.0 Å². The molecule has 1 unspecified atom stereocenters. The smallest absolute Gasteiger partial charge is 0.242 e. The van der Waals surface area contributed by atoms with Gasteiger partial charge in [0.1, 0.15) is 6.54 Å². The summed E-state index contributed by atoms with van der Waals surface area (Å²) < 4.78 is 11.5. The zero-order chi connectivity index (χ0) is 22.6. The van der Waals surface area contributed by atoms with Crippen molar-refractivity contribution in [1.82, 2.24) is 15.5 Å². The van der Waals surface area contributed by atoms with Crippen LogP contribution >= 0.6 is 24.0 Å². The highest BCUT2D eigenvalue weighted by Gasteiger charge is 2.34. The molecule has 0 spiro atoms. The predicted octanol–water partition coefficient (Wildman–Crippen LogP) is 3.22. The molecule has 4 rings (SSSR count). The van der Waals surface area contributed by atoms with Crippen LogP contribution in [-0.2, 0) is 4.79 Å². The molecule has 1 aliphatic carbocycles. The van der Waals surface area contributed by atoms with Crippen molar-refractivity contribution in [2.75, 3.05) is 44.7 Å². The second kappa shape index (κ2) is 11.6. The lowest BCUT2D eigenvalue weighted by molar-refractivity contribution is -0.121. The first-order valence-corrected chi connectivity index (χ1v) is 11.9. The minimum absolute atomic E-state index is 0. The van der Waals surface area contributed by atoms with E-state index in [4.69, 9.17) is 9.47 Å². The summed E-state index contributed by atoms with van der Waals surface area (Å²) in [6.45, 7) is 10.4. The van der Waals surface area contributed by atoms with E-state index in [1.807, 2.05) is 39.0 Å². The van der Waals surface area contributed by atoms with E-state index in [1.54, 1.807) is 0 Å². The summed E-state index contributed by atoms with van der Waals surface area (Å²) in [5.41, 5.74) is 0.570. The first-order chi connectivity index (χ1) is 15.4. The molecule has 2 aliphatic heterocycles. The largest absolute Gasteiger partial charge is 0.490 e. The number of hydrogen-bond donors (Lipinski definition) is 3. The third-order valence-electron chi connectivity index (χ3n) is 5.84. The van der Waals surface area contributed by atoms with Gasteiger partial charge < -0.3 is 30.3 Å². The molecule has 1 saturated carbocycles. The number of aliphatic imine (C=N–C) groups is 1. The van der Waals surface area contributed by atoms with Crippen molar-refractivity contribution in [2.24, 2.45) is 10.9 Å². The molecule has 1 atom stereocenters. The number of anilines is 1. The van der Waals surface area contributed by atoms with Crippen LogP contribution < -0.4 is 25.4 Å². The minimum Gasteiger partial charge on any atom is -0.490 e. The molecule has 3 N–H and O–H groups in total. The molecule has 1 saturated heterocycles. The van der Waals surface area contributed by atoms with Gasteiger partial charge in [-0.3, -0.25) is 4.79 Å². The lowest BCUT2D eigenvalue weighted by Crippen LogP contribution is -2.42. The summed E-state index contributed by atoms with van der Waals surface area (Å²) in [5, 5.41) is 9.77. The minimum atomic E-state index is -0.280. The maximum Gasteiger partial charge on any atom is 0.242 e. The summed E-state index contributed by atoms with van der Waals surface area (Å²) in [7, 11) is 0. The van der Waals surface area contributed by atoms with Gasteiger partial charge in [0, 0.05) is 42.8 Å². The molecule has 1 aromatic carbocycles. The fourth-order valence-corrected chi connectivity index (χ4v) is 4.17. The molecular formula is C24H38IN5O3. The van der Waals surface area contributed by atoms with Gasteiger partial charge in [-0.2, -0.15) is 0 Å². The van der Waals surface area contributed by atoms with Gasteiger partial charge >= 0.3 is 0 Å². The number of halogens is 1. The lowest BCUT2D eigenvalue weighted by Gasteiger charge is -2.20. The molecule has 184 valence electrons. The van der Waals surface area contributed by atoms with Crippen molar-refractivity contribution in [3.05, 3.63) is 18.2 Å². The zero-order valence-corrected chi connectivity index (χ0v) is 22.3.